The lowest BCUT2D eigenvalue weighted by atomic mass is 10.1. The summed E-state index contributed by atoms with van der Waals surface area (Å²) in [5.74, 6) is 1.82. The van der Waals surface area contributed by atoms with Gasteiger partial charge in [0.2, 0.25) is 5.95 Å². The molecule has 1 amide bonds. The van der Waals surface area contributed by atoms with E-state index in [0.717, 1.165) is 33.9 Å². The Morgan fingerprint density at radius 1 is 1.00 bits per heavy atom. The van der Waals surface area contributed by atoms with Gasteiger partial charge in [-0.1, -0.05) is 42.0 Å². The molecule has 0 N–H and O–H groups in total. The molecule has 0 spiro atoms. The molecule has 5 aromatic rings. The highest BCUT2D eigenvalue weighted by Gasteiger charge is 2.31. The number of furan rings is 1. The molecule has 2 aromatic carbocycles. The summed E-state index contributed by atoms with van der Waals surface area (Å²) in [7, 11) is 0. The maximum atomic E-state index is 12.9. The lowest BCUT2D eigenvalue weighted by Gasteiger charge is -2.40. The number of carbonyl (C=O) groups is 1. The van der Waals surface area contributed by atoms with E-state index < -0.39 is 0 Å². The second-order valence-corrected chi connectivity index (χ2v) is 8.75. The SMILES string of the molecule is Cc1ccc(-c2nnc3c4ccccc4nc(N4CCN(C(=O)c5ccco5)C(C)C4)n23)cc1. The molecule has 0 aliphatic carbocycles. The summed E-state index contributed by atoms with van der Waals surface area (Å²) < 4.78 is 7.38. The van der Waals surface area contributed by atoms with E-state index >= 15 is 0 Å². The van der Waals surface area contributed by atoms with E-state index in [0.29, 0.717) is 25.4 Å². The Hall–Kier alpha value is -4.20. The zero-order chi connectivity index (χ0) is 23.2. The molecule has 1 aliphatic heterocycles. The number of aryl methyl sites for hydroxylation is 1. The predicted octanol–water partition coefficient (Wildman–Crippen LogP) is 4.20. The topological polar surface area (TPSA) is 79.8 Å². The first-order valence-electron chi connectivity index (χ1n) is 11.4. The van der Waals surface area contributed by atoms with Gasteiger partial charge in [-0.25, -0.2) is 9.38 Å². The highest BCUT2D eigenvalue weighted by molar-refractivity contribution is 5.94. The van der Waals surface area contributed by atoms with Crippen molar-refractivity contribution in [3.8, 4) is 11.4 Å². The quantitative estimate of drug-likeness (QED) is 0.408. The lowest BCUT2D eigenvalue weighted by Crippen LogP contribution is -2.54. The monoisotopic (exact) mass is 452 g/mol. The minimum atomic E-state index is -0.0848. The van der Waals surface area contributed by atoms with E-state index in [2.05, 4.69) is 53.2 Å². The van der Waals surface area contributed by atoms with Gasteiger partial charge in [0.05, 0.1) is 11.8 Å². The van der Waals surface area contributed by atoms with Crippen LogP contribution in [0.4, 0.5) is 5.95 Å². The zero-order valence-electron chi connectivity index (χ0n) is 19.0. The van der Waals surface area contributed by atoms with E-state index in [-0.39, 0.29) is 11.9 Å². The predicted molar refractivity (Wildman–Crippen MR) is 130 cm³/mol. The van der Waals surface area contributed by atoms with Crippen molar-refractivity contribution in [1.29, 1.82) is 0 Å². The van der Waals surface area contributed by atoms with Crippen molar-refractivity contribution >= 4 is 28.4 Å². The summed E-state index contributed by atoms with van der Waals surface area (Å²) >= 11 is 0. The van der Waals surface area contributed by atoms with E-state index in [9.17, 15) is 4.79 Å². The van der Waals surface area contributed by atoms with Crippen LogP contribution in [0.25, 0.3) is 27.9 Å². The van der Waals surface area contributed by atoms with Gasteiger partial charge >= 0.3 is 0 Å². The van der Waals surface area contributed by atoms with Crippen LogP contribution < -0.4 is 4.90 Å². The molecule has 1 unspecified atom stereocenters. The van der Waals surface area contributed by atoms with Crippen molar-refractivity contribution in [3.05, 3.63) is 78.3 Å². The number of para-hydroxylation sites is 1. The number of hydrogen-bond donors (Lipinski definition) is 0. The van der Waals surface area contributed by atoms with Gasteiger partial charge in [-0.2, -0.15) is 0 Å². The number of benzene rings is 2. The molecule has 34 heavy (non-hydrogen) atoms. The molecule has 170 valence electrons. The van der Waals surface area contributed by atoms with Crippen LogP contribution in [0, 0.1) is 6.92 Å². The fourth-order valence-electron chi connectivity index (χ4n) is 4.65. The first kappa shape index (κ1) is 20.4. The second kappa shape index (κ2) is 7.98. The number of nitrogens with zero attached hydrogens (tertiary/aromatic N) is 6. The first-order valence-corrected chi connectivity index (χ1v) is 11.4. The molecular weight excluding hydrogens is 428 g/mol. The summed E-state index contributed by atoms with van der Waals surface area (Å²) in [4.78, 5) is 22.0. The molecule has 8 heteroatoms. The number of fused-ring (bicyclic) bond motifs is 3. The maximum Gasteiger partial charge on any atom is 0.289 e. The molecule has 4 heterocycles. The van der Waals surface area contributed by atoms with Crippen molar-refractivity contribution in [2.75, 3.05) is 24.5 Å². The third kappa shape index (κ3) is 3.30. The molecule has 0 radical (unpaired) electrons. The largest absolute Gasteiger partial charge is 0.459 e. The fourth-order valence-corrected chi connectivity index (χ4v) is 4.65. The van der Waals surface area contributed by atoms with Crippen molar-refractivity contribution in [2.24, 2.45) is 0 Å². The van der Waals surface area contributed by atoms with E-state index in [4.69, 9.17) is 9.40 Å². The normalized spacial score (nSPS) is 16.5. The highest BCUT2D eigenvalue weighted by atomic mass is 16.3. The summed E-state index contributed by atoms with van der Waals surface area (Å²) in [6, 6.07) is 19.7. The summed E-state index contributed by atoms with van der Waals surface area (Å²) in [5, 5.41) is 10.1. The van der Waals surface area contributed by atoms with Crippen molar-refractivity contribution < 1.29 is 9.21 Å². The van der Waals surface area contributed by atoms with Crippen LogP contribution in [-0.2, 0) is 0 Å². The van der Waals surface area contributed by atoms with E-state index in [1.807, 2.05) is 33.6 Å². The van der Waals surface area contributed by atoms with Crippen LogP contribution in [0.2, 0.25) is 0 Å². The van der Waals surface area contributed by atoms with Gasteiger partial charge < -0.3 is 14.2 Å². The van der Waals surface area contributed by atoms with Crippen LogP contribution >= 0.6 is 0 Å². The average molecular weight is 453 g/mol. The number of piperazine rings is 1. The van der Waals surface area contributed by atoms with Crippen LogP contribution in [0.1, 0.15) is 23.0 Å². The molecule has 6 rings (SSSR count). The third-order valence-electron chi connectivity index (χ3n) is 6.44. The Bertz CT molecular complexity index is 1490. The molecule has 8 nitrogen and oxygen atoms in total. The molecule has 3 aromatic heterocycles. The summed E-state index contributed by atoms with van der Waals surface area (Å²) in [6.07, 6.45) is 1.53. The number of hydrogen-bond acceptors (Lipinski definition) is 6. The van der Waals surface area contributed by atoms with Gasteiger partial charge in [0.25, 0.3) is 5.91 Å². The number of amides is 1. The van der Waals surface area contributed by atoms with Gasteiger partial charge in [0.15, 0.2) is 17.2 Å². The highest BCUT2D eigenvalue weighted by Crippen LogP contribution is 2.30. The number of rotatable bonds is 3. The van der Waals surface area contributed by atoms with Gasteiger partial charge in [0, 0.05) is 36.6 Å². The molecule has 0 bridgehead atoms. The Labute approximate surface area is 196 Å². The maximum absolute atomic E-state index is 12.9. The fraction of sp³-hybridized carbons (Fsp3) is 0.231. The minimum absolute atomic E-state index is 0.0195. The second-order valence-electron chi connectivity index (χ2n) is 8.75. The van der Waals surface area contributed by atoms with Crippen LogP contribution in [-0.4, -0.2) is 56.1 Å². The van der Waals surface area contributed by atoms with Crippen molar-refractivity contribution in [2.45, 2.75) is 19.9 Å². The van der Waals surface area contributed by atoms with E-state index in [1.165, 1.54) is 11.8 Å². The van der Waals surface area contributed by atoms with Crippen LogP contribution in [0.5, 0.6) is 0 Å². The van der Waals surface area contributed by atoms with Gasteiger partial charge in [0.1, 0.15) is 0 Å². The summed E-state index contributed by atoms with van der Waals surface area (Å²) in [5.41, 5.74) is 3.82. The third-order valence-corrected chi connectivity index (χ3v) is 6.44. The number of aromatic nitrogens is 4. The van der Waals surface area contributed by atoms with Crippen molar-refractivity contribution in [3.63, 3.8) is 0 Å². The zero-order valence-corrected chi connectivity index (χ0v) is 19.0. The molecule has 1 atom stereocenters. The van der Waals surface area contributed by atoms with Gasteiger partial charge in [-0.3, -0.25) is 4.79 Å². The van der Waals surface area contributed by atoms with Crippen molar-refractivity contribution in [1.82, 2.24) is 24.5 Å². The molecule has 1 fully saturated rings. The smallest absolute Gasteiger partial charge is 0.289 e. The molecule has 1 aliphatic rings. The van der Waals surface area contributed by atoms with E-state index in [1.54, 1.807) is 12.1 Å². The molecule has 0 saturated carbocycles. The minimum Gasteiger partial charge on any atom is -0.459 e. The van der Waals surface area contributed by atoms with Crippen LogP contribution in [0.15, 0.2) is 71.3 Å². The Balaban J connectivity index is 1.44. The van der Waals surface area contributed by atoms with Gasteiger partial charge in [-0.05, 0) is 38.1 Å². The molecule has 1 saturated heterocycles. The van der Waals surface area contributed by atoms with Crippen LogP contribution in [0.3, 0.4) is 0 Å². The Kier molecular flexibility index (Phi) is 4.79. The molecular formula is C26H24N6O2. The standard InChI is InChI=1S/C26H24N6O2/c1-17-9-11-19(12-10-17)23-28-29-24-20-6-3-4-7-21(20)27-26(32(23)24)30-13-14-31(18(2)16-30)25(33)22-8-5-15-34-22/h3-12,15,18H,13-14,16H2,1-2H3. The summed E-state index contributed by atoms with van der Waals surface area (Å²) in [6.45, 7) is 5.97. The Morgan fingerprint density at radius 2 is 1.82 bits per heavy atom. The number of anilines is 1. The van der Waals surface area contributed by atoms with Gasteiger partial charge in [-0.15, -0.1) is 10.2 Å². The Morgan fingerprint density at radius 3 is 2.59 bits per heavy atom. The lowest BCUT2D eigenvalue weighted by molar-refractivity contribution is 0.0640. The number of carbonyl (C=O) groups excluding carboxylic acids is 1. The first-order chi connectivity index (χ1) is 16.6. The average Bonchev–Trinajstić information content (AvgIpc) is 3.55.